The van der Waals surface area contributed by atoms with E-state index in [1.54, 1.807) is 18.3 Å². The maximum Gasteiger partial charge on any atom is 0.258 e. The number of benzene rings is 2. The molecule has 22 heavy (non-hydrogen) atoms. The van der Waals surface area contributed by atoms with E-state index < -0.39 is 0 Å². The molecule has 1 amide bonds. The van der Waals surface area contributed by atoms with E-state index in [4.69, 9.17) is 4.52 Å². The number of hydrogen-bond donors (Lipinski definition) is 1. The van der Waals surface area contributed by atoms with E-state index in [9.17, 15) is 4.79 Å². The van der Waals surface area contributed by atoms with Gasteiger partial charge in [0.25, 0.3) is 5.91 Å². The summed E-state index contributed by atoms with van der Waals surface area (Å²) in [6.45, 7) is 2.02. The SMILES string of the molecule is Cc1ccc(-c2cnoc2NC(=O)c2ccc(Br)cc2)cc1. The van der Waals surface area contributed by atoms with Gasteiger partial charge in [-0.05, 0) is 36.8 Å². The fourth-order valence-electron chi connectivity index (χ4n) is 2.05. The van der Waals surface area contributed by atoms with E-state index in [1.807, 2.05) is 43.3 Å². The molecule has 0 fully saturated rings. The summed E-state index contributed by atoms with van der Waals surface area (Å²) < 4.78 is 6.09. The molecular formula is C17H13BrN2O2. The summed E-state index contributed by atoms with van der Waals surface area (Å²) in [5.74, 6) is 0.106. The van der Waals surface area contributed by atoms with Gasteiger partial charge in [-0.25, -0.2) is 0 Å². The summed E-state index contributed by atoms with van der Waals surface area (Å²) in [6, 6.07) is 15.1. The zero-order valence-corrected chi connectivity index (χ0v) is 13.4. The number of aromatic nitrogens is 1. The molecule has 0 aliphatic rings. The van der Waals surface area contributed by atoms with E-state index in [1.165, 1.54) is 5.56 Å². The molecule has 3 aromatic rings. The lowest BCUT2D eigenvalue weighted by atomic mass is 10.1. The Bertz CT molecular complexity index is 792. The number of rotatable bonds is 3. The van der Waals surface area contributed by atoms with Gasteiger partial charge in [0, 0.05) is 10.0 Å². The molecule has 0 saturated heterocycles. The first-order valence-corrected chi connectivity index (χ1v) is 7.51. The van der Waals surface area contributed by atoms with Gasteiger partial charge in [-0.3, -0.25) is 10.1 Å². The zero-order chi connectivity index (χ0) is 15.5. The van der Waals surface area contributed by atoms with Crippen LogP contribution in [-0.2, 0) is 0 Å². The van der Waals surface area contributed by atoms with Crippen molar-refractivity contribution in [3.05, 3.63) is 70.3 Å². The summed E-state index contributed by atoms with van der Waals surface area (Å²) in [5.41, 5.74) is 3.42. The molecular weight excluding hydrogens is 344 g/mol. The molecule has 110 valence electrons. The lowest BCUT2D eigenvalue weighted by Crippen LogP contribution is -2.11. The van der Waals surface area contributed by atoms with Gasteiger partial charge < -0.3 is 4.52 Å². The van der Waals surface area contributed by atoms with E-state index in [-0.39, 0.29) is 5.91 Å². The van der Waals surface area contributed by atoms with Crippen molar-refractivity contribution < 1.29 is 9.32 Å². The Morgan fingerprint density at radius 1 is 1.09 bits per heavy atom. The minimum Gasteiger partial charge on any atom is -0.338 e. The van der Waals surface area contributed by atoms with Gasteiger partial charge in [0.2, 0.25) is 5.88 Å². The normalized spacial score (nSPS) is 10.5. The van der Waals surface area contributed by atoms with Crippen LogP contribution >= 0.6 is 15.9 Å². The van der Waals surface area contributed by atoms with Crippen molar-refractivity contribution in [3.63, 3.8) is 0 Å². The van der Waals surface area contributed by atoms with Gasteiger partial charge in [0.05, 0.1) is 11.8 Å². The Morgan fingerprint density at radius 3 is 2.45 bits per heavy atom. The minimum absolute atomic E-state index is 0.238. The second-order valence-corrected chi connectivity index (χ2v) is 5.81. The van der Waals surface area contributed by atoms with Crippen molar-refractivity contribution in [2.45, 2.75) is 6.92 Å². The molecule has 0 radical (unpaired) electrons. The third-order valence-electron chi connectivity index (χ3n) is 3.27. The molecule has 0 aliphatic heterocycles. The van der Waals surface area contributed by atoms with Crippen molar-refractivity contribution in [1.29, 1.82) is 0 Å². The monoisotopic (exact) mass is 356 g/mol. The van der Waals surface area contributed by atoms with Crippen LogP contribution in [0.2, 0.25) is 0 Å². The molecule has 1 heterocycles. The molecule has 0 saturated carbocycles. The molecule has 1 aromatic heterocycles. The van der Waals surface area contributed by atoms with Crippen LogP contribution in [0.4, 0.5) is 5.88 Å². The van der Waals surface area contributed by atoms with E-state index >= 15 is 0 Å². The third kappa shape index (κ3) is 3.09. The standard InChI is InChI=1S/C17H13BrN2O2/c1-11-2-4-12(5-3-11)15-10-19-22-17(15)20-16(21)13-6-8-14(18)9-7-13/h2-10H,1H3,(H,20,21). The van der Waals surface area contributed by atoms with Crippen LogP contribution in [-0.4, -0.2) is 11.1 Å². The number of carbonyl (C=O) groups excluding carboxylic acids is 1. The predicted molar refractivity (Wildman–Crippen MR) is 88.8 cm³/mol. The van der Waals surface area contributed by atoms with Crippen LogP contribution in [0.15, 0.2) is 63.7 Å². The molecule has 2 aromatic carbocycles. The molecule has 1 N–H and O–H groups in total. The van der Waals surface area contributed by atoms with Crippen molar-refractivity contribution in [2.75, 3.05) is 5.32 Å². The summed E-state index contributed by atoms with van der Waals surface area (Å²) in [4.78, 5) is 12.2. The van der Waals surface area contributed by atoms with Crippen molar-refractivity contribution >= 4 is 27.7 Å². The van der Waals surface area contributed by atoms with E-state index in [2.05, 4.69) is 26.4 Å². The molecule has 0 bridgehead atoms. The molecule has 0 atom stereocenters. The Labute approximate surface area is 136 Å². The Hall–Kier alpha value is -2.40. The number of nitrogens with one attached hydrogen (secondary N) is 1. The second-order valence-electron chi connectivity index (χ2n) is 4.90. The lowest BCUT2D eigenvalue weighted by molar-refractivity contribution is 0.102. The molecule has 4 nitrogen and oxygen atoms in total. The van der Waals surface area contributed by atoms with Crippen LogP contribution in [0.3, 0.4) is 0 Å². The summed E-state index contributed by atoms with van der Waals surface area (Å²) >= 11 is 3.34. The number of halogens is 1. The summed E-state index contributed by atoms with van der Waals surface area (Å²) in [6.07, 6.45) is 1.60. The van der Waals surface area contributed by atoms with Gasteiger partial charge in [-0.2, -0.15) is 0 Å². The first kappa shape index (κ1) is 14.5. The molecule has 0 unspecified atom stereocenters. The van der Waals surface area contributed by atoms with Crippen LogP contribution < -0.4 is 5.32 Å². The van der Waals surface area contributed by atoms with E-state index in [0.29, 0.717) is 11.4 Å². The van der Waals surface area contributed by atoms with Crippen LogP contribution in [0.25, 0.3) is 11.1 Å². The minimum atomic E-state index is -0.238. The van der Waals surface area contributed by atoms with Gasteiger partial charge in [0.15, 0.2) is 0 Å². The number of nitrogens with zero attached hydrogens (tertiary/aromatic N) is 1. The fourth-order valence-corrected chi connectivity index (χ4v) is 2.31. The number of anilines is 1. The quantitative estimate of drug-likeness (QED) is 0.741. The first-order chi connectivity index (χ1) is 10.6. The number of hydrogen-bond acceptors (Lipinski definition) is 3. The predicted octanol–water partition coefficient (Wildman–Crippen LogP) is 4.66. The molecule has 5 heteroatoms. The first-order valence-electron chi connectivity index (χ1n) is 6.72. The van der Waals surface area contributed by atoms with E-state index in [0.717, 1.165) is 15.6 Å². The number of aryl methyl sites for hydroxylation is 1. The van der Waals surface area contributed by atoms with Crippen LogP contribution in [0, 0.1) is 6.92 Å². The number of carbonyl (C=O) groups is 1. The van der Waals surface area contributed by atoms with Crippen molar-refractivity contribution in [1.82, 2.24) is 5.16 Å². The highest BCUT2D eigenvalue weighted by molar-refractivity contribution is 9.10. The highest BCUT2D eigenvalue weighted by atomic mass is 79.9. The molecule has 3 rings (SSSR count). The third-order valence-corrected chi connectivity index (χ3v) is 3.80. The highest BCUT2D eigenvalue weighted by Gasteiger charge is 2.14. The molecule has 0 spiro atoms. The van der Waals surface area contributed by atoms with Gasteiger partial charge in [0.1, 0.15) is 0 Å². The maximum absolute atomic E-state index is 12.2. The lowest BCUT2D eigenvalue weighted by Gasteiger charge is -2.05. The second kappa shape index (κ2) is 6.15. The number of amides is 1. The fraction of sp³-hybridized carbons (Fsp3) is 0.0588. The van der Waals surface area contributed by atoms with Crippen molar-refractivity contribution in [3.8, 4) is 11.1 Å². The van der Waals surface area contributed by atoms with Crippen LogP contribution in [0.1, 0.15) is 15.9 Å². The molecule has 0 aliphatic carbocycles. The maximum atomic E-state index is 12.2. The average Bonchev–Trinajstić information content (AvgIpc) is 2.97. The summed E-state index contributed by atoms with van der Waals surface area (Å²) in [7, 11) is 0. The van der Waals surface area contributed by atoms with Gasteiger partial charge in [-0.15, -0.1) is 0 Å². The van der Waals surface area contributed by atoms with Gasteiger partial charge >= 0.3 is 0 Å². The Morgan fingerprint density at radius 2 is 1.77 bits per heavy atom. The Kier molecular flexibility index (Phi) is 4.06. The van der Waals surface area contributed by atoms with Crippen LogP contribution in [0.5, 0.6) is 0 Å². The zero-order valence-electron chi connectivity index (χ0n) is 11.8. The van der Waals surface area contributed by atoms with Gasteiger partial charge in [-0.1, -0.05) is 50.9 Å². The largest absolute Gasteiger partial charge is 0.338 e. The topological polar surface area (TPSA) is 55.1 Å². The highest BCUT2D eigenvalue weighted by Crippen LogP contribution is 2.28. The van der Waals surface area contributed by atoms with Crippen molar-refractivity contribution in [2.24, 2.45) is 0 Å². The summed E-state index contributed by atoms with van der Waals surface area (Å²) in [5, 5.41) is 6.54. The Balaban J connectivity index is 1.84. The smallest absolute Gasteiger partial charge is 0.258 e. The average molecular weight is 357 g/mol.